The van der Waals surface area contributed by atoms with Crippen LogP contribution in [0, 0.1) is 6.92 Å². The minimum atomic E-state index is -0.157. The summed E-state index contributed by atoms with van der Waals surface area (Å²) in [6, 6.07) is 15.4. The van der Waals surface area contributed by atoms with E-state index in [4.69, 9.17) is 0 Å². The fraction of sp³-hybridized carbons (Fsp3) is 0.0588. The molecule has 1 aromatic heterocycles. The number of aryl methyl sites for hydroxylation is 1. The van der Waals surface area contributed by atoms with Crippen LogP contribution < -0.4 is 5.32 Å². The van der Waals surface area contributed by atoms with Gasteiger partial charge in [-0.2, -0.15) is 0 Å². The lowest BCUT2D eigenvalue weighted by molar-refractivity contribution is 0.102. The van der Waals surface area contributed by atoms with Crippen molar-refractivity contribution in [1.29, 1.82) is 0 Å². The molecule has 2 aromatic carbocycles. The third kappa shape index (κ3) is 2.81. The van der Waals surface area contributed by atoms with E-state index in [2.05, 4.69) is 26.2 Å². The number of anilines is 1. The number of hydrogen-bond donors (Lipinski definition) is 1. The van der Waals surface area contributed by atoms with Crippen LogP contribution in [-0.2, 0) is 0 Å². The van der Waals surface area contributed by atoms with Crippen molar-refractivity contribution in [3.05, 3.63) is 70.5 Å². The molecule has 0 unspecified atom stereocenters. The number of rotatable bonds is 2. The fourth-order valence-corrected chi connectivity index (χ4v) is 2.65. The number of benzene rings is 2. The van der Waals surface area contributed by atoms with Crippen molar-refractivity contribution in [2.45, 2.75) is 6.92 Å². The molecule has 1 heterocycles. The first-order chi connectivity index (χ1) is 10.1. The Labute approximate surface area is 131 Å². The van der Waals surface area contributed by atoms with Crippen molar-refractivity contribution >= 4 is 38.3 Å². The molecule has 3 rings (SSSR count). The zero-order valence-electron chi connectivity index (χ0n) is 11.4. The van der Waals surface area contributed by atoms with Crippen LogP contribution in [0.25, 0.3) is 10.8 Å². The van der Waals surface area contributed by atoms with Crippen molar-refractivity contribution < 1.29 is 4.79 Å². The number of pyridine rings is 1. The van der Waals surface area contributed by atoms with Gasteiger partial charge < -0.3 is 5.32 Å². The van der Waals surface area contributed by atoms with E-state index < -0.39 is 0 Å². The van der Waals surface area contributed by atoms with E-state index in [0.29, 0.717) is 5.56 Å². The zero-order valence-corrected chi connectivity index (χ0v) is 13.0. The maximum Gasteiger partial charge on any atom is 0.257 e. The predicted molar refractivity (Wildman–Crippen MR) is 88.6 cm³/mol. The molecule has 0 spiro atoms. The Morgan fingerprint density at radius 1 is 1.05 bits per heavy atom. The first kappa shape index (κ1) is 13.8. The minimum absolute atomic E-state index is 0.157. The van der Waals surface area contributed by atoms with Crippen LogP contribution in [0.2, 0.25) is 0 Å². The van der Waals surface area contributed by atoms with E-state index in [1.807, 2.05) is 49.4 Å². The van der Waals surface area contributed by atoms with E-state index in [9.17, 15) is 4.79 Å². The molecular weight excluding hydrogens is 328 g/mol. The molecule has 21 heavy (non-hydrogen) atoms. The molecule has 104 valence electrons. The molecule has 0 fully saturated rings. The summed E-state index contributed by atoms with van der Waals surface area (Å²) in [5, 5.41) is 5.02. The second-order valence-corrected chi connectivity index (χ2v) is 5.64. The van der Waals surface area contributed by atoms with Gasteiger partial charge in [-0.1, -0.05) is 40.2 Å². The number of aromatic nitrogens is 1. The van der Waals surface area contributed by atoms with Crippen LogP contribution in [0.4, 0.5) is 5.69 Å². The summed E-state index contributed by atoms with van der Waals surface area (Å²) >= 11 is 3.53. The van der Waals surface area contributed by atoms with E-state index in [1.54, 1.807) is 12.3 Å². The molecule has 0 saturated heterocycles. The number of halogens is 1. The van der Waals surface area contributed by atoms with Gasteiger partial charge in [0, 0.05) is 27.4 Å². The first-order valence-corrected chi connectivity index (χ1v) is 7.36. The molecule has 0 saturated carbocycles. The summed E-state index contributed by atoms with van der Waals surface area (Å²) in [5.41, 5.74) is 2.23. The maximum atomic E-state index is 12.3. The summed E-state index contributed by atoms with van der Waals surface area (Å²) in [7, 11) is 0. The molecule has 1 amide bonds. The highest BCUT2D eigenvalue weighted by atomic mass is 79.9. The number of nitrogens with one attached hydrogen (secondary N) is 1. The second kappa shape index (κ2) is 5.66. The predicted octanol–water partition coefficient (Wildman–Crippen LogP) is 4.56. The quantitative estimate of drug-likeness (QED) is 0.743. The van der Waals surface area contributed by atoms with Crippen molar-refractivity contribution in [3.8, 4) is 0 Å². The number of nitrogens with zero attached hydrogens (tertiary/aromatic N) is 1. The van der Waals surface area contributed by atoms with Crippen molar-refractivity contribution in [1.82, 2.24) is 4.98 Å². The van der Waals surface area contributed by atoms with Crippen molar-refractivity contribution in [2.75, 3.05) is 5.32 Å². The molecule has 0 atom stereocenters. The molecule has 3 aromatic rings. The third-order valence-corrected chi connectivity index (χ3v) is 3.98. The smallest absolute Gasteiger partial charge is 0.257 e. The molecule has 0 aliphatic heterocycles. The van der Waals surface area contributed by atoms with Gasteiger partial charge in [-0.05, 0) is 36.6 Å². The van der Waals surface area contributed by atoms with E-state index in [-0.39, 0.29) is 5.91 Å². The van der Waals surface area contributed by atoms with Gasteiger partial charge in [0.2, 0.25) is 0 Å². The van der Waals surface area contributed by atoms with Gasteiger partial charge in [-0.15, -0.1) is 0 Å². The Balaban J connectivity index is 1.97. The highest BCUT2D eigenvalue weighted by Crippen LogP contribution is 2.30. The molecule has 0 aliphatic carbocycles. The number of carbonyl (C=O) groups excluding carboxylic acids is 1. The average Bonchev–Trinajstić information content (AvgIpc) is 2.51. The number of carbonyl (C=O) groups is 1. The van der Waals surface area contributed by atoms with Gasteiger partial charge in [-0.25, -0.2) is 0 Å². The number of amides is 1. The Bertz CT molecular complexity index is 813. The Kier molecular flexibility index (Phi) is 3.71. The molecule has 0 bridgehead atoms. The lowest BCUT2D eigenvalue weighted by Crippen LogP contribution is -2.12. The molecule has 0 aliphatic rings. The average molecular weight is 341 g/mol. The fourth-order valence-electron chi connectivity index (χ4n) is 2.17. The van der Waals surface area contributed by atoms with E-state index >= 15 is 0 Å². The van der Waals surface area contributed by atoms with Crippen LogP contribution in [0.15, 0.2) is 59.2 Å². The standard InChI is InChI=1S/C17H13BrN2O/c1-11-6-7-12(10-19-11)17(21)20-16-9-8-15(18)13-4-2-3-5-14(13)16/h2-10H,1H3,(H,20,21). The van der Waals surface area contributed by atoms with Gasteiger partial charge >= 0.3 is 0 Å². The zero-order chi connectivity index (χ0) is 14.8. The van der Waals surface area contributed by atoms with Crippen LogP contribution >= 0.6 is 15.9 Å². The summed E-state index contributed by atoms with van der Waals surface area (Å²) in [5.74, 6) is -0.157. The summed E-state index contributed by atoms with van der Waals surface area (Å²) < 4.78 is 1.01. The summed E-state index contributed by atoms with van der Waals surface area (Å²) in [4.78, 5) is 16.4. The second-order valence-electron chi connectivity index (χ2n) is 4.78. The van der Waals surface area contributed by atoms with Crippen molar-refractivity contribution in [2.24, 2.45) is 0 Å². The van der Waals surface area contributed by atoms with Crippen LogP contribution in [0.3, 0.4) is 0 Å². The Morgan fingerprint density at radius 2 is 1.81 bits per heavy atom. The lowest BCUT2D eigenvalue weighted by atomic mass is 10.1. The topological polar surface area (TPSA) is 42.0 Å². The summed E-state index contributed by atoms with van der Waals surface area (Å²) in [6.07, 6.45) is 1.59. The molecular formula is C17H13BrN2O. The van der Waals surface area contributed by atoms with Gasteiger partial charge in [-0.3, -0.25) is 9.78 Å². The normalized spacial score (nSPS) is 10.6. The summed E-state index contributed by atoms with van der Waals surface area (Å²) in [6.45, 7) is 1.89. The first-order valence-electron chi connectivity index (χ1n) is 6.56. The van der Waals surface area contributed by atoms with E-state index in [1.165, 1.54) is 0 Å². The molecule has 3 nitrogen and oxygen atoms in total. The lowest BCUT2D eigenvalue weighted by Gasteiger charge is -2.10. The largest absolute Gasteiger partial charge is 0.321 e. The monoisotopic (exact) mass is 340 g/mol. The van der Waals surface area contributed by atoms with Gasteiger partial charge in [0.25, 0.3) is 5.91 Å². The van der Waals surface area contributed by atoms with Gasteiger partial charge in [0.15, 0.2) is 0 Å². The number of fused-ring (bicyclic) bond motifs is 1. The Hall–Kier alpha value is -2.20. The van der Waals surface area contributed by atoms with Crippen LogP contribution in [0.1, 0.15) is 16.1 Å². The Morgan fingerprint density at radius 3 is 2.52 bits per heavy atom. The third-order valence-electron chi connectivity index (χ3n) is 3.29. The van der Waals surface area contributed by atoms with Crippen LogP contribution in [-0.4, -0.2) is 10.9 Å². The SMILES string of the molecule is Cc1ccc(C(=O)Nc2ccc(Br)c3ccccc23)cn1. The molecule has 0 radical (unpaired) electrons. The maximum absolute atomic E-state index is 12.3. The highest BCUT2D eigenvalue weighted by Gasteiger charge is 2.09. The molecule has 4 heteroatoms. The van der Waals surface area contributed by atoms with Crippen LogP contribution in [0.5, 0.6) is 0 Å². The van der Waals surface area contributed by atoms with Gasteiger partial charge in [0.1, 0.15) is 0 Å². The highest BCUT2D eigenvalue weighted by molar-refractivity contribution is 9.10. The van der Waals surface area contributed by atoms with Gasteiger partial charge in [0.05, 0.1) is 5.56 Å². The van der Waals surface area contributed by atoms with Crippen molar-refractivity contribution in [3.63, 3.8) is 0 Å². The van der Waals surface area contributed by atoms with E-state index in [0.717, 1.165) is 26.6 Å². The molecule has 1 N–H and O–H groups in total. The minimum Gasteiger partial charge on any atom is -0.321 e. The number of hydrogen-bond acceptors (Lipinski definition) is 2.